The van der Waals surface area contributed by atoms with Crippen LogP contribution in [-0.4, -0.2) is 23.0 Å². The normalized spacial score (nSPS) is 25.3. The van der Waals surface area contributed by atoms with E-state index in [4.69, 9.17) is 0 Å². The van der Waals surface area contributed by atoms with Crippen molar-refractivity contribution >= 4 is 46.1 Å². The molecule has 2 aromatic rings. The van der Waals surface area contributed by atoms with Crippen LogP contribution in [0.2, 0.25) is 0 Å². The standard InChI is InChI=1S/C17H21N3OS2.ClH/c1-10-2-5-15(23-10)14-9-22-17(19-14)20-16(21)8-11-6-12-3-4-13(7-11)18-12;/h2,5,9,11-13,18H,3-4,6-8H2,1H3,(H,19,20,21);1H. The highest BCUT2D eigenvalue weighted by Gasteiger charge is 2.34. The van der Waals surface area contributed by atoms with Crippen molar-refractivity contribution in [1.82, 2.24) is 10.3 Å². The number of anilines is 1. The highest BCUT2D eigenvalue weighted by atomic mass is 35.5. The van der Waals surface area contributed by atoms with Crippen LogP contribution in [0.3, 0.4) is 0 Å². The molecule has 2 aromatic heterocycles. The number of carbonyl (C=O) groups is 1. The molecule has 0 saturated carbocycles. The number of rotatable bonds is 4. The first kappa shape index (κ1) is 17.9. The van der Waals surface area contributed by atoms with E-state index in [1.54, 1.807) is 11.3 Å². The molecule has 24 heavy (non-hydrogen) atoms. The maximum absolute atomic E-state index is 12.3. The van der Waals surface area contributed by atoms with Crippen LogP contribution in [-0.2, 0) is 4.79 Å². The Morgan fingerprint density at radius 1 is 1.33 bits per heavy atom. The molecular weight excluding hydrogens is 362 g/mol. The molecule has 2 bridgehead atoms. The molecule has 4 nitrogen and oxygen atoms in total. The van der Waals surface area contributed by atoms with Crippen LogP contribution in [0.4, 0.5) is 5.13 Å². The Bertz CT molecular complexity index is 702. The Labute approximate surface area is 156 Å². The number of hydrogen-bond donors (Lipinski definition) is 2. The minimum absolute atomic E-state index is 0. The minimum atomic E-state index is 0. The summed E-state index contributed by atoms with van der Waals surface area (Å²) in [6.45, 7) is 2.09. The molecule has 130 valence electrons. The number of aromatic nitrogens is 1. The number of nitrogens with one attached hydrogen (secondary N) is 2. The van der Waals surface area contributed by atoms with Gasteiger partial charge in [0.1, 0.15) is 0 Å². The molecule has 2 aliphatic rings. The fourth-order valence-electron chi connectivity index (χ4n) is 3.79. The zero-order valence-corrected chi connectivity index (χ0v) is 16.0. The van der Waals surface area contributed by atoms with Gasteiger partial charge in [-0.05, 0) is 50.7 Å². The summed E-state index contributed by atoms with van der Waals surface area (Å²) < 4.78 is 0. The SMILES string of the molecule is Cc1ccc(-c2csc(NC(=O)CC3CC4CCC(C3)N4)n2)s1.Cl. The summed E-state index contributed by atoms with van der Waals surface area (Å²) in [7, 11) is 0. The summed E-state index contributed by atoms with van der Waals surface area (Å²) >= 11 is 3.24. The first-order chi connectivity index (χ1) is 11.2. The number of thiazole rings is 1. The predicted octanol–water partition coefficient (Wildman–Crippen LogP) is 4.46. The summed E-state index contributed by atoms with van der Waals surface area (Å²) in [5.41, 5.74) is 0.961. The maximum atomic E-state index is 12.3. The van der Waals surface area contributed by atoms with Crippen LogP contribution in [0.15, 0.2) is 17.5 Å². The van der Waals surface area contributed by atoms with E-state index in [0.717, 1.165) is 23.4 Å². The minimum Gasteiger partial charge on any atom is -0.311 e. The zero-order valence-electron chi connectivity index (χ0n) is 13.6. The summed E-state index contributed by atoms with van der Waals surface area (Å²) in [5.74, 6) is 0.632. The van der Waals surface area contributed by atoms with E-state index >= 15 is 0 Å². The third-order valence-corrected chi connectivity index (χ3v) is 6.57. The summed E-state index contributed by atoms with van der Waals surface area (Å²) in [4.78, 5) is 19.3. The highest BCUT2D eigenvalue weighted by Crippen LogP contribution is 2.33. The number of piperidine rings is 1. The van der Waals surface area contributed by atoms with Crippen molar-refractivity contribution in [2.45, 2.75) is 51.1 Å². The predicted molar refractivity (Wildman–Crippen MR) is 103 cm³/mol. The molecule has 2 saturated heterocycles. The van der Waals surface area contributed by atoms with E-state index < -0.39 is 0 Å². The van der Waals surface area contributed by atoms with Crippen LogP contribution >= 0.6 is 35.1 Å². The molecule has 2 fully saturated rings. The van der Waals surface area contributed by atoms with Gasteiger partial charge in [-0.15, -0.1) is 35.1 Å². The average molecular weight is 384 g/mol. The van der Waals surface area contributed by atoms with Gasteiger partial charge in [0.15, 0.2) is 5.13 Å². The van der Waals surface area contributed by atoms with Crippen molar-refractivity contribution in [3.63, 3.8) is 0 Å². The van der Waals surface area contributed by atoms with Gasteiger partial charge in [-0.25, -0.2) is 4.98 Å². The van der Waals surface area contributed by atoms with E-state index in [-0.39, 0.29) is 18.3 Å². The third-order valence-electron chi connectivity index (χ3n) is 4.79. The molecule has 0 spiro atoms. The molecule has 2 N–H and O–H groups in total. The van der Waals surface area contributed by atoms with E-state index in [1.165, 1.54) is 29.1 Å². The Kier molecular flexibility index (Phi) is 5.59. The van der Waals surface area contributed by atoms with Gasteiger partial charge in [0.2, 0.25) is 5.91 Å². The van der Waals surface area contributed by atoms with Crippen LogP contribution in [0.1, 0.15) is 37.0 Å². The van der Waals surface area contributed by atoms with Gasteiger partial charge in [0, 0.05) is 28.8 Å². The Morgan fingerprint density at radius 2 is 2.08 bits per heavy atom. The molecule has 0 aromatic carbocycles. The molecule has 7 heteroatoms. The average Bonchev–Trinajstić information content (AvgIpc) is 3.20. The second-order valence-electron chi connectivity index (χ2n) is 6.68. The van der Waals surface area contributed by atoms with Crippen LogP contribution < -0.4 is 10.6 Å². The van der Waals surface area contributed by atoms with E-state index in [1.807, 2.05) is 5.38 Å². The highest BCUT2D eigenvalue weighted by molar-refractivity contribution is 7.17. The largest absolute Gasteiger partial charge is 0.311 e. The Hall–Kier alpha value is -0.950. The fraction of sp³-hybridized carbons (Fsp3) is 0.529. The molecule has 4 rings (SSSR count). The number of hydrogen-bond acceptors (Lipinski definition) is 5. The number of carbonyl (C=O) groups excluding carboxylic acids is 1. The van der Waals surface area contributed by atoms with Crippen molar-refractivity contribution in [3.8, 4) is 10.6 Å². The number of fused-ring (bicyclic) bond motifs is 2. The van der Waals surface area contributed by atoms with E-state index in [9.17, 15) is 4.79 Å². The number of amides is 1. The first-order valence-electron chi connectivity index (χ1n) is 8.24. The van der Waals surface area contributed by atoms with Gasteiger partial charge in [0.25, 0.3) is 0 Å². The summed E-state index contributed by atoms with van der Waals surface area (Å²) in [6.07, 6.45) is 5.46. The van der Waals surface area contributed by atoms with E-state index in [0.29, 0.717) is 29.6 Å². The number of halogens is 1. The summed E-state index contributed by atoms with van der Waals surface area (Å²) in [6, 6.07) is 5.47. The van der Waals surface area contributed by atoms with Gasteiger partial charge < -0.3 is 10.6 Å². The van der Waals surface area contributed by atoms with Crippen LogP contribution in [0, 0.1) is 12.8 Å². The fourth-order valence-corrected chi connectivity index (χ4v) is 5.42. The van der Waals surface area contributed by atoms with Gasteiger partial charge in [-0.3, -0.25) is 4.79 Å². The van der Waals surface area contributed by atoms with Crippen molar-refractivity contribution < 1.29 is 4.79 Å². The molecule has 1 amide bonds. The van der Waals surface area contributed by atoms with Crippen molar-refractivity contribution in [2.75, 3.05) is 5.32 Å². The van der Waals surface area contributed by atoms with Crippen molar-refractivity contribution in [1.29, 1.82) is 0 Å². The number of nitrogens with zero attached hydrogens (tertiary/aromatic N) is 1. The second kappa shape index (κ2) is 7.52. The second-order valence-corrected chi connectivity index (χ2v) is 8.82. The summed E-state index contributed by atoms with van der Waals surface area (Å²) in [5, 5.41) is 9.35. The monoisotopic (exact) mass is 383 g/mol. The first-order valence-corrected chi connectivity index (χ1v) is 9.93. The lowest BCUT2D eigenvalue weighted by atomic mass is 9.89. The third kappa shape index (κ3) is 3.99. The van der Waals surface area contributed by atoms with Gasteiger partial charge in [-0.2, -0.15) is 0 Å². The lowest BCUT2D eigenvalue weighted by Gasteiger charge is -2.28. The number of thiophene rings is 1. The molecule has 4 heterocycles. The number of aryl methyl sites for hydroxylation is 1. The van der Waals surface area contributed by atoms with Crippen molar-refractivity contribution in [3.05, 3.63) is 22.4 Å². The van der Waals surface area contributed by atoms with Gasteiger partial charge >= 0.3 is 0 Å². The topological polar surface area (TPSA) is 54.0 Å². The molecule has 0 radical (unpaired) electrons. The molecule has 0 aliphatic carbocycles. The van der Waals surface area contributed by atoms with Crippen LogP contribution in [0.5, 0.6) is 0 Å². The molecule has 2 atom stereocenters. The Morgan fingerprint density at radius 3 is 2.75 bits per heavy atom. The maximum Gasteiger partial charge on any atom is 0.226 e. The zero-order chi connectivity index (χ0) is 15.8. The van der Waals surface area contributed by atoms with E-state index in [2.05, 4.69) is 34.7 Å². The quantitative estimate of drug-likeness (QED) is 0.819. The van der Waals surface area contributed by atoms with Crippen LogP contribution in [0.25, 0.3) is 10.6 Å². The molecular formula is C17H22ClN3OS2. The molecule has 2 aliphatic heterocycles. The molecule has 2 unspecified atom stereocenters. The van der Waals surface area contributed by atoms with Crippen molar-refractivity contribution in [2.24, 2.45) is 5.92 Å². The smallest absolute Gasteiger partial charge is 0.226 e. The van der Waals surface area contributed by atoms with Gasteiger partial charge in [0.05, 0.1) is 10.6 Å². The lowest BCUT2D eigenvalue weighted by Crippen LogP contribution is -2.39. The van der Waals surface area contributed by atoms with Gasteiger partial charge in [-0.1, -0.05) is 0 Å². The Balaban J connectivity index is 0.00000169. The lowest BCUT2D eigenvalue weighted by molar-refractivity contribution is -0.117.